The Morgan fingerprint density at radius 1 is 0.978 bits per heavy atom. The van der Waals surface area contributed by atoms with Gasteiger partial charge in [-0.1, -0.05) is 66.4 Å². The summed E-state index contributed by atoms with van der Waals surface area (Å²) in [6.45, 7) is 3.98. The van der Waals surface area contributed by atoms with Gasteiger partial charge in [-0.05, 0) is 72.5 Å². The summed E-state index contributed by atoms with van der Waals surface area (Å²) in [5.41, 5.74) is 9.16. The molecule has 4 aromatic carbocycles. The third-order valence-corrected chi connectivity index (χ3v) is 7.53. The highest BCUT2D eigenvalue weighted by atomic mass is 32.2. The number of aliphatic imine (C=N–C) groups is 1. The van der Waals surface area contributed by atoms with Crippen LogP contribution in [0, 0.1) is 13.8 Å². The van der Waals surface area contributed by atoms with Crippen molar-refractivity contribution in [3.8, 4) is 22.8 Å². The van der Waals surface area contributed by atoms with Crippen LogP contribution in [0.15, 0.2) is 107 Å². The molecule has 0 saturated carbocycles. The van der Waals surface area contributed by atoms with Crippen molar-refractivity contribution in [3.05, 3.63) is 125 Å². The maximum absolute atomic E-state index is 12.4. The number of aromatic nitrogens is 3. The maximum Gasteiger partial charge on any atom is 0.573 e. The minimum Gasteiger partial charge on any atom is -0.478 e. The van der Waals surface area contributed by atoms with Gasteiger partial charge in [-0.15, -0.1) is 18.3 Å². The van der Waals surface area contributed by atoms with Gasteiger partial charge in [0.2, 0.25) is 0 Å². The fourth-order valence-corrected chi connectivity index (χ4v) is 5.04. The molecule has 0 fully saturated rings. The average molecular weight is 645 g/mol. The smallest absolute Gasteiger partial charge is 0.478 e. The first-order valence-corrected chi connectivity index (χ1v) is 14.8. The summed E-state index contributed by atoms with van der Waals surface area (Å²) in [5, 5.41) is 18.6. The lowest BCUT2D eigenvalue weighted by molar-refractivity contribution is -0.274. The molecule has 0 aliphatic rings. The molecule has 5 rings (SSSR count). The van der Waals surface area contributed by atoms with Gasteiger partial charge in [-0.25, -0.2) is 19.5 Å². The zero-order valence-corrected chi connectivity index (χ0v) is 25.4. The molecule has 0 amide bonds. The molecule has 9 nitrogen and oxygen atoms in total. The third-order valence-electron chi connectivity index (χ3n) is 6.60. The Bertz CT molecular complexity index is 1850. The fourth-order valence-electron chi connectivity index (χ4n) is 4.27. The zero-order valence-electron chi connectivity index (χ0n) is 24.6. The highest BCUT2D eigenvalue weighted by Gasteiger charge is 2.31. The quantitative estimate of drug-likeness (QED) is 0.0961. The van der Waals surface area contributed by atoms with Gasteiger partial charge in [0.05, 0.1) is 23.2 Å². The molecule has 1 aromatic heterocycles. The van der Waals surface area contributed by atoms with E-state index in [4.69, 9.17) is 10.1 Å². The van der Waals surface area contributed by atoms with Crippen molar-refractivity contribution in [1.82, 2.24) is 20.2 Å². The molecular formula is C33H27F3N6O3S. The number of amidine groups is 1. The molecule has 0 radical (unpaired) electrons. The number of aryl methyl sites for hydroxylation is 2. The minimum atomic E-state index is -4.76. The number of carboxylic acids is 1. The van der Waals surface area contributed by atoms with Crippen LogP contribution in [0.1, 0.15) is 32.6 Å². The minimum absolute atomic E-state index is 0.226. The van der Waals surface area contributed by atoms with E-state index in [1.54, 1.807) is 30.5 Å². The van der Waals surface area contributed by atoms with E-state index in [9.17, 15) is 18.0 Å². The van der Waals surface area contributed by atoms with Gasteiger partial charge in [0.25, 0.3) is 0 Å². The Labute approximate surface area is 266 Å². The van der Waals surface area contributed by atoms with Crippen molar-refractivity contribution in [2.45, 2.75) is 26.0 Å². The molecule has 0 spiro atoms. The Morgan fingerprint density at radius 3 is 2.28 bits per heavy atom. The van der Waals surface area contributed by atoms with Gasteiger partial charge >= 0.3 is 12.3 Å². The standard InChI is InChI=1S/C33H27F3N6O3S/c1-21-4-3-5-22(2)29(21)39-32(46-19-24-8-12-26(13-9-24)31(43)44)40-38-18-23-6-10-25(11-7-23)30-37-20-42(41-30)27-14-16-28(17-15-27)45-33(34,35)36/h3-18,20H,19H2,1-2H3,(H,39,40)(H,43,44)/b38-18+. The number of hydrazone groups is 1. The Hall–Kier alpha value is -5.43. The molecule has 0 saturated heterocycles. The molecule has 234 valence electrons. The van der Waals surface area contributed by atoms with Gasteiger partial charge < -0.3 is 9.84 Å². The van der Waals surface area contributed by atoms with E-state index in [2.05, 4.69) is 25.3 Å². The number of thioether (sulfide) groups is 1. The van der Waals surface area contributed by atoms with Gasteiger partial charge in [0.15, 0.2) is 11.0 Å². The van der Waals surface area contributed by atoms with E-state index in [0.717, 1.165) is 33.5 Å². The van der Waals surface area contributed by atoms with Crippen LogP contribution in [0.3, 0.4) is 0 Å². The first-order valence-electron chi connectivity index (χ1n) is 13.8. The Balaban J connectivity index is 1.26. The number of para-hydroxylation sites is 1. The lowest BCUT2D eigenvalue weighted by Crippen LogP contribution is -2.17. The summed E-state index contributed by atoms with van der Waals surface area (Å²) in [6.07, 6.45) is -1.63. The van der Waals surface area contributed by atoms with Crippen LogP contribution in [0.5, 0.6) is 5.75 Å². The predicted molar refractivity (Wildman–Crippen MR) is 172 cm³/mol. The third kappa shape index (κ3) is 8.60. The number of nitrogens with zero attached hydrogens (tertiary/aromatic N) is 5. The van der Waals surface area contributed by atoms with Gasteiger partial charge in [0.1, 0.15) is 12.1 Å². The highest BCUT2D eigenvalue weighted by molar-refractivity contribution is 8.13. The Morgan fingerprint density at radius 2 is 1.65 bits per heavy atom. The van der Waals surface area contributed by atoms with Crippen molar-refractivity contribution in [1.29, 1.82) is 0 Å². The number of benzene rings is 4. The summed E-state index contributed by atoms with van der Waals surface area (Å²) in [7, 11) is 0. The second-order valence-corrected chi connectivity index (χ2v) is 11.0. The first-order chi connectivity index (χ1) is 22.0. The first kappa shape index (κ1) is 32.0. The van der Waals surface area contributed by atoms with Crippen molar-refractivity contribution in [2.24, 2.45) is 10.1 Å². The van der Waals surface area contributed by atoms with Crippen LogP contribution in [-0.4, -0.2) is 43.6 Å². The second kappa shape index (κ2) is 14.1. The van der Waals surface area contributed by atoms with Crippen LogP contribution in [0.2, 0.25) is 0 Å². The number of carboxylic acid groups (broad SMARTS) is 1. The zero-order chi connectivity index (χ0) is 32.7. The summed E-state index contributed by atoms with van der Waals surface area (Å²) < 4.78 is 42.7. The topological polar surface area (TPSA) is 114 Å². The fraction of sp³-hybridized carbons (Fsp3) is 0.121. The molecule has 0 aliphatic heterocycles. The van der Waals surface area contributed by atoms with Crippen LogP contribution in [0.4, 0.5) is 18.9 Å². The maximum atomic E-state index is 12.4. The number of carbonyl (C=O) groups is 1. The van der Waals surface area contributed by atoms with Crippen molar-refractivity contribution in [2.75, 3.05) is 0 Å². The lowest BCUT2D eigenvalue weighted by Gasteiger charge is -2.09. The van der Waals surface area contributed by atoms with Crippen LogP contribution < -0.4 is 10.2 Å². The van der Waals surface area contributed by atoms with E-state index in [-0.39, 0.29) is 11.3 Å². The number of hydrogen-bond donors (Lipinski definition) is 2. The Kier molecular flexibility index (Phi) is 9.82. The van der Waals surface area contributed by atoms with E-state index in [1.165, 1.54) is 47.0 Å². The van der Waals surface area contributed by atoms with Crippen molar-refractivity contribution < 1.29 is 27.8 Å². The van der Waals surface area contributed by atoms with Gasteiger partial charge in [0, 0.05) is 11.3 Å². The van der Waals surface area contributed by atoms with Crippen LogP contribution in [0.25, 0.3) is 17.1 Å². The number of rotatable bonds is 9. The summed E-state index contributed by atoms with van der Waals surface area (Å²) >= 11 is 1.44. The van der Waals surface area contributed by atoms with E-state index < -0.39 is 12.3 Å². The molecular weight excluding hydrogens is 617 g/mol. The second-order valence-electron chi connectivity index (χ2n) is 9.99. The molecule has 13 heteroatoms. The largest absolute Gasteiger partial charge is 0.573 e. The molecule has 46 heavy (non-hydrogen) atoms. The molecule has 5 aromatic rings. The highest BCUT2D eigenvalue weighted by Crippen LogP contribution is 2.26. The monoisotopic (exact) mass is 644 g/mol. The molecule has 0 unspecified atom stereocenters. The van der Waals surface area contributed by atoms with Crippen LogP contribution in [-0.2, 0) is 5.75 Å². The predicted octanol–water partition coefficient (Wildman–Crippen LogP) is 7.69. The molecule has 0 atom stereocenters. The van der Waals surface area contributed by atoms with Crippen LogP contribution >= 0.6 is 11.8 Å². The van der Waals surface area contributed by atoms with E-state index in [0.29, 0.717) is 22.4 Å². The molecule has 0 aliphatic carbocycles. The molecule has 2 N–H and O–H groups in total. The lowest BCUT2D eigenvalue weighted by atomic mass is 10.1. The number of alkyl halides is 3. The average Bonchev–Trinajstić information content (AvgIpc) is 3.52. The van der Waals surface area contributed by atoms with Crippen molar-refractivity contribution >= 4 is 34.8 Å². The number of halogens is 3. The SMILES string of the molecule is Cc1cccc(C)c1/N=C(/N/N=C/c1ccc(-c2ncn(-c3ccc(OC(F)(F)F)cc3)n2)cc1)SCc1ccc(C(=O)O)cc1. The van der Waals surface area contributed by atoms with Gasteiger partial charge in [-0.2, -0.15) is 5.10 Å². The molecule has 1 heterocycles. The van der Waals surface area contributed by atoms with Crippen molar-refractivity contribution in [3.63, 3.8) is 0 Å². The number of hydrogen-bond acceptors (Lipinski definition) is 7. The summed E-state index contributed by atoms with van der Waals surface area (Å²) in [6, 6.07) is 25.4. The summed E-state index contributed by atoms with van der Waals surface area (Å²) in [4.78, 5) is 20.3. The molecule has 0 bridgehead atoms. The van der Waals surface area contributed by atoms with Gasteiger partial charge in [-0.3, -0.25) is 5.43 Å². The number of aromatic carboxylic acids is 1. The van der Waals surface area contributed by atoms with E-state index >= 15 is 0 Å². The summed E-state index contributed by atoms with van der Waals surface area (Å²) in [5.74, 6) is -0.309. The number of nitrogens with one attached hydrogen (secondary N) is 1. The number of ether oxygens (including phenoxy) is 1. The van der Waals surface area contributed by atoms with E-state index in [1.807, 2.05) is 56.3 Å². The normalized spacial score (nSPS) is 12.0.